The first-order valence-corrected chi connectivity index (χ1v) is 10.5. The Kier molecular flexibility index (Phi) is 5.78. The summed E-state index contributed by atoms with van der Waals surface area (Å²) in [6, 6.07) is 10.1. The van der Waals surface area contributed by atoms with E-state index in [2.05, 4.69) is 21.4 Å². The fourth-order valence-electron chi connectivity index (χ4n) is 3.83. The fraction of sp³-hybridized carbons (Fsp3) is 0.348. The molecule has 1 aliphatic rings. The molecule has 1 aliphatic carbocycles. The van der Waals surface area contributed by atoms with E-state index in [4.69, 9.17) is 21.6 Å². The minimum Gasteiger partial charge on any atom is -0.492 e. The van der Waals surface area contributed by atoms with Gasteiger partial charge in [-0.3, -0.25) is 4.79 Å². The first-order valence-electron chi connectivity index (χ1n) is 10.2. The fourth-order valence-corrected chi connectivity index (χ4v) is 4.05. The number of nitrogens with zero attached hydrogens (tertiary/aromatic N) is 2. The highest BCUT2D eigenvalue weighted by atomic mass is 35.5. The van der Waals surface area contributed by atoms with Crippen molar-refractivity contribution in [3.05, 3.63) is 62.5 Å². The van der Waals surface area contributed by atoms with E-state index < -0.39 is 5.92 Å². The molecule has 2 aromatic heterocycles. The molecule has 1 fully saturated rings. The number of aromatic nitrogens is 2. The third-order valence-electron chi connectivity index (χ3n) is 5.61. The number of fused-ring (bicyclic) bond motifs is 1. The van der Waals surface area contributed by atoms with E-state index in [1.54, 1.807) is 37.3 Å². The minimum atomic E-state index is -2.60. The largest absolute Gasteiger partial charge is 0.492 e. The average Bonchev–Trinajstić information content (AvgIpc) is 2.70. The third-order valence-corrected chi connectivity index (χ3v) is 5.91. The van der Waals surface area contributed by atoms with E-state index in [0.29, 0.717) is 44.3 Å². The number of nitrogens with one attached hydrogen (secondary N) is 2. The van der Waals surface area contributed by atoms with Crippen LogP contribution >= 0.6 is 11.6 Å². The number of benzene rings is 1. The summed E-state index contributed by atoms with van der Waals surface area (Å²) in [5, 5.41) is 13.3. The summed E-state index contributed by atoms with van der Waals surface area (Å²) in [5.41, 5.74) is 1.83. The molecule has 2 heterocycles. The number of hydrogen-bond donors (Lipinski definition) is 2. The number of H-pyrrole nitrogens is 1. The van der Waals surface area contributed by atoms with Gasteiger partial charge in [0.05, 0.1) is 34.4 Å². The van der Waals surface area contributed by atoms with Gasteiger partial charge in [-0.15, -0.1) is 0 Å². The molecule has 0 spiro atoms. The average molecular weight is 459 g/mol. The Bertz CT molecular complexity index is 1280. The smallest absolute Gasteiger partial charge is 0.253 e. The third kappa shape index (κ3) is 4.53. The van der Waals surface area contributed by atoms with Crippen LogP contribution in [0.4, 0.5) is 14.6 Å². The van der Waals surface area contributed by atoms with Crippen LogP contribution in [0.25, 0.3) is 10.9 Å². The van der Waals surface area contributed by atoms with Crippen molar-refractivity contribution >= 4 is 28.3 Å². The zero-order valence-corrected chi connectivity index (χ0v) is 18.3. The lowest BCUT2D eigenvalue weighted by atomic mass is 9.82. The van der Waals surface area contributed by atoms with Gasteiger partial charge in [0.25, 0.3) is 5.56 Å². The first-order chi connectivity index (χ1) is 15.1. The van der Waals surface area contributed by atoms with Gasteiger partial charge in [0, 0.05) is 35.8 Å². The molecule has 6 nitrogen and oxygen atoms in total. The molecule has 32 heavy (non-hydrogen) atoms. The number of pyridine rings is 2. The molecule has 0 bridgehead atoms. The number of ether oxygens (including phenoxy) is 1. The lowest BCUT2D eigenvalue weighted by molar-refractivity contribution is -0.119. The normalized spacial score (nSPS) is 16.2. The van der Waals surface area contributed by atoms with Crippen molar-refractivity contribution in [1.29, 1.82) is 5.26 Å². The van der Waals surface area contributed by atoms with Gasteiger partial charge in [-0.05, 0) is 38.1 Å². The second kappa shape index (κ2) is 8.40. The highest BCUT2D eigenvalue weighted by Gasteiger charge is 2.45. The summed E-state index contributed by atoms with van der Waals surface area (Å²) in [6.07, 6.45) is -0.367. The van der Waals surface area contributed by atoms with Gasteiger partial charge in [0.15, 0.2) is 0 Å². The van der Waals surface area contributed by atoms with E-state index in [-0.39, 0.29) is 37.0 Å². The highest BCUT2D eigenvalue weighted by Crippen LogP contribution is 2.43. The quantitative estimate of drug-likeness (QED) is 0.519. The Balaban J connectivity index is 1.53. The molecule has 0 aliphatic heterocycles. The second-order valence-electron chi connectivity index (χ2n) is 8.17. The number of nitriles is 1. The Labute approximate surface area is 188 Å². The molecule has 0 saturated heterocycles. The maximum atomic E-state index is 13.0. The van der Waals surface area contributed by atoms with Crippen LogP contribution < -0.4 is 15.6 Å². The maximum Gasteiger partial charge on any atom is 0.253 e. The number of anilines is 1. The summed E-state index contributed by atoms with van der Waals surface area (Å²) in [4.78, 5) is 19.9. The van der Waals surface area contributed by atoms with Crippen molar-refractivity contribution in [2.45, 2.75) is 38.7 Å². The van der Waals surface area contributed by atoms with Crippen molar-refractivity contribution < 1.29 is 13.5 Å². The molecule has 3 aromatic rings. The summed E-state index contributed by atoms with van der Waals surface area (Å²) >= 11 is 6.33. The number of alkyl halides is 2. The molecular weight excluding hydrogens is 438 g/mol. The van der Waals surface area contributed by atoms with Crippen LogP contribution in [0, 0.1) is 24.2 Å². The van der Waals surface area contributed by atoms with Crippen LogP contribution in [-0.2, 0) is 0 Å². The van der Waals surface area contributed by atoms with Crippen molar-refractivity contribution in [3.8, 4) is 11.8 Å². The van der Waals surface area contributed by atoms with E-state index >= 15 is 0 Å². The van der Waals surface area contributed by atoms with Gasteiger partial charge < -0.3 is 15.0 Å². The SMILES string of the molecule is Cc1nc(NC(C)c2cc3cc(Cl)c(OCC4CC(F)(F)C4)cc3[nH]c2=O)ccc1C#N. The first kappa shape index (κ1) is 22.0. The van der Waals surface area contributed by atoms with Crippen molar-refractivity contribution in [2.24, 2.45) is 5.92 Å². The van der Waals surface area contributed by atoms with Crippen LogP contribution in [0.15, 0.2) is 35.1 Å². The Morgan fingerprint density at radius 2 is 2.12 bits per heavy atom. The van der Waals surface area contributed by atoms with E-state index in [9.17, 15) is 13.6 Å². The van der Waals surface area contributed by atoms with Gasteiger partial charge in [-0.25, -0.2) is 13.8 Å². The number of rotatable bonds is 6. The van der Waals surface area contributed by atoms with E-state index in [1.165, 1.54) is 0 Å². The minimum absolute atomic E-state index is 0.154. The van der Waals surface area contributed by atoms with Gasteiger partial charge in [0.2, 0.25) is 5.92 Å². The predicted octanol–water partition coefficient (Wildman–Crippen LogP) is 5.35. The van der Waals surface area contributed by atoms with Crippen LogP contribution in [0.3, 0.4) is 0 Å². The summed E-state index contributed by atoms with van der Waals surface area (Å²) in [7, 11) is 0. The van der Waals surface area contributed by atoms with Crippen LogP contribution in [-0.4, -0.2) is 22.5 Å². The van der Waals surface area contributed by atoms with Gasteiger partial charge in [-0.2, -0.15) is 5.26 Å². The van der Waals surface area contributed by atoms with Gasteiger partial charge >= 0.3 is 0 Å². The zero-order valence-electron chi connectivity index (χ0n) is 17.5. The van der Waals surface area contributed by atoms with E-state index in [0.717, 1.165) is 0 Å². The topological polar surface area (TPSA) is 90.8 Å². The monoisotopic (exact) mass is 458 g/mol. The van der Waals surface area contributed by atoms with Crippen molar-refractivity contribution in [2.75, 3.05) is 11.9 Å². The second-order valence-corrected chi connectivity index (χ2v) is 8.58. The Hall–Kier alpha value is -3.18. The van der Waals surface area contributed by atoms with Crippen molar-refractivity contribution in [3.63, 3.8) is 0 Å². The van der Waals surface area contributed by atoms with Gasteiger partial charge in [0.1, 0.15) is 17.6 Å². The highest BCUT2D eigenvalue weighted by molar-refractivity contribution is 6.32. The van der Waals surface area contributed by atoms with E-state index in [1.807, 2.05) is 6.92 Å². The molecule has 1 unspecified atom stereocenters. The maximum absolute atomic E-state index is 13.0. The van der Waals surface area contributed by atoms with Crippen LogP contribution in [0.1, 0.15) is 42.6 Å². The molecule has 0 amide bonds. The van der Waals surface area contributed by atoms with Gasteiger partial charge in [-0.1, -0.05) is 11.6 Å². The Morgan fingerprint density at radius 3 is 2.78 bits per heavy atom. The molecule has 0 radical (unpaired) electrons. The molecule has 1 atom stereocenters. The van der Waals surface area contributed by atoms with Crippen molar-refractivity contribution in [1.82, 2.24) is 9.97 Å². The number of aromatic amines is 1. The Morgan fingerprint density at radius 1 is 1.38 bits per heavy atom. The molecular formula is C23H21ClF2N4O2. The molecule has 1 aromatic carbocycles. The zero-order chi connectivity index (χ0) is 23.0. The molecule has 166 valence electrons. The predicted molar refractivity (Wildman–Crippen MR) is 118 cm³/mol. The van der Waals surface area contributed by atoms with Crippen LogP contribution in [0.2, 0.25) is 5.02 Å². The lowest BCUT2D eigenvalue weighted by Crippen LogP contribution is -2.38. The molecule has 1 saturated carbocycles. The number of halogens is 3. The molecule has 9 heteroatoms. The number of aryl methyl sites for hydroxylation is 1. The van der Waals surface area contributed by atoms with Crippen LogP contribution in [0.5, 0.6) is 5.75 Å². The standard InChI is InChI=1S/C23H21ClF2N4O2/c1-12-15(10-27)3-4-21(28-12)29-13(2)17-5-16-6-18(24)20(7-19(16)30-22(17)31)32-11-14-8-23(25,26)9-14/h3-7,13-14H,8-9,11H2,1-2H3,(H,28,29)(H,30,31). The number of hydrogen-bond acceptors (Lipinski definition) is 5. The molecule has 4 rings (SSSR count). The molecule has 2 N–H and O–H groups in total. The lowest BCUT2D eigenvalue weighted by Gasteiger charge is -2.34. The summed E-state index contributed by atoms with van der Waals surface area (Å²) in [5.74, 6) is -1.90. The summed E-state index contributed by atoms with van der Waals surface area (Å²) in [6.45, 7) is 3.73. The summed E-state index contributed by atoms with van der Waals surface area (Å²) < 4.78 is 31.6.